The summed E-state index contributed by atoms with van der Waals surface area (Å²) in [5, 5.41) is 2.23. The molecule has 0 saturated carbocycles. The number of hydrogen-bond acceptors (Lipinski definition) is 4. The van der Waals surface area contributed by atoms with Crippen molar-refractivity contribution in [3.8, 4) is 0 Å². The molecule has 0 radical (unpaired) electrons. The van der Waals surface area contributed by atoms with Gasteiger partial charge in [0.15, 0.2) is 0 Å². The second-order valence-electron chi connectivity index (χ2n) is 7.91. The number of aryl methyl sites for hydroxylation is 2. The van der Waals surface area contributed by atoms with Crippen LogP contribution >= 0.6 is 0 Å². The summed E-state index contributed by atoms with van der Waals surface area (Å²) in [6.45, 7) is 4.92. The van der Waals surface area contributed by atoms with Crippen molar-refractivity contribution in [2.45, 2.75) is 64.0 Å². The molecule has 1 unspecified atom stereocenters. The van der Waals surface area contributed by atoms with Gasteiger partial charge in [-0.25, -0.2) is 17.9 Å². The van der Waals surface area contributed by atoms with E-state index in [-0.39, 0.29) is 0 Å². The summed E-state index contributed by atoms with van der Waals surface area (Å²) in [5.41, 5.74) is 5.87. The molecule has 3 rings (SSSR count). The molecule has 0 spiro atoms. The topological polar surface area (TPSA) is 78.5 Å². The van der Waals surface area contributed by atoms with E-state index < -0.39 is 21.3 Å². The van der Waals surface area contributed by atoms with E-state index in [0.717, 1.165) is 57.2 Å². The average Bonchev–Trinajstić information content (AvgIpc) is 3.23. The fourth-order valence-corrected chi connectivity index (χ4v) is 5.31. The Morgan fingerprint density at radius 2 is 1.74 bits per heavy atom. The lowest BCUT2D eigenvalue weighted by Crippen LogP contribution is -2.44. The van der Waals surface area contributed by atoms with E-state index in [1.165, 1.54) is 22.3 Å². The number of carbonyl (C=O) groups is 1. The number of nitrogens with one attached hydrogen (secondary N) is 2. The van der Waals surface area contributed by atoms with E-state index in [0.29, 0.717) is 6.54 Å². The van der Waals surface area contributed by atoms with E-state index in [9.17, 15) is 13.2 Å². The van der Waals surface area contributed by atoms with Crippen molar-refractivity contribution in [1.82, 2.24) is 9.62 Å². The van der Waals surface area contributed by atoms with Crippen LogP contribution in [0.3, 0.4) is 0 Å². The Bertz CT molecular complexity index is 788. The maximum Gasteiger partial charge on any atom is 0.332 e. The monoisotopic (exact) mass is 393 g/mol. The van der Waals surface area contributed by atoms with Crippen molar-refractivity contribution < 1.29 is 13.2 Å². The number of fused-ring (bicyclic) bond motifs is 2. The summed E-state index contributed by atoms with van der Waals surface area (Å²) in [6, 6.07) is 1.64. The third-order valence-corrected chi connectivity index (χ3v) is 7.33. The largest absolute Gasteiger partial charge is 0.332 e. The fourth-order valence-electron chi connectivity index (χ4n) is 4.35. The van der Waals surface area contributed by atoms with Crippen LogP contribution in [0, 0.1) is 0 Å². The molecule has 6 nitrogen and oxygen atoms in total. The van der Waals surface area contributed by atoms with Crippen LogP contribution in [-0.4, -0.2) is 44.7 Å². The second-order valence-corrected chi connectivity index (χ2v) is 10.0. The minimum absolute atomic E-state index is 0.395. The van der Waals surface area contributed by atoms with Crippen LogP contribution in [0.2, 0.25) is 0 Å². The third kappa shape index (κ3) is 4.46. The van der Waals surface area contributed by atoms with Crippen LogP contribution < -0.4 is 10.0 Å². The van der Waals surface area contributed by atoms with E-state index >= 15 is 0 Å². The van der Waals surface area contributed by atoms with Crippen LogP contribution in [0.25, 0.3) is 0 Å². The van der Waals surface area contributed by atoms with Gasteiger partial charge in [-0.15, -0.1) is 0 Å². The molecule has 27 heavy (non-hydrogen) atoms. The number of benzene rings is 1. The molecule has 0 fully saturated rings. The molecular formula is C20H31N3O3S. The Labute approximate surface area is 162 Å². The number of sulfonamides is 1. The molecule has 2 aliphatic rings. The van der Waals surface area contributed by atoms with Gasteiger partial charge < -0.3 is 10.2 Å². The van der Waals surface area contributed by atoms with Gasteiger partial charge in [0.1, 0.15) is 0 Å². The van der Waals surface area contributed by atoms with Gasteiger partial charge in [0, 0.05) is 12.2 Å². The van der Waals surface area contributed by atoms with Crippen LogP contribution in [0.15, 0.2) is 6.07 Å². The van der Waals surface area contributed by atoms with Crippen molar-refractivity contribution in [2.75, 3.05) is 25.5 Å². The summed E-state index contributed by atoms with van der Waals surface area (Å²) in [4.78, 5) is 14.5. The molecule has 2 N–H and O–H groups in total. The van der Waals surface area contributed by atoms with E-state index in [1.807, 2.05) is 11.9 Å². The number of amides is 2. The molecule has 150 valence electrons. The molecule has 2 aliphatic carbocycles. The zero-order valence-corrected chi connectivity index (χ0v) is 17.4. The predicted molar refractivity (Wildman–Crippen MR) is 109 cm³/mol. The van der Waals surface area contributed by atoms with Gasteiger partial charge in [-0.1, -0.05) is 13.0 Å². The lowest BCUT2D eigenvalue weighted by molar-refractivity contribution is 0.256. The zero-order valence-electron chi connectivity index (χ0n) is 16.6. The number of nitrogens with zero attached hydrogens (tertiary/aromatic N) is 1. The Hall–Kier alpha value is -1.60. The van der Waals surface area contributed by atoms with Crippen LogP contribution in [-0.2, 0) is 35.7 Å². The molecular weight excluding hydrogens is 362 g/mol. The highest BCUT2D eigenvalue weighted by Crippen LogP contribution is 2.38. The van der Waals surface area contributed by atoms with E-state index in [2.05, 4.69) is 23.0 Å². The lowest BCUT2D eigenvalue weighted by Gasteiger charge is -2.21. The molecule has 7 heteroatoms. The molecule has 0 bridgehead atoms. The molecule has 0 saturated heterocycles. The number of rotatable bonds is 7. The highest BCUT2D eigenvalue weighted by molar-refractivity contribution is 7.90. The molecule has 0 heterocycles. The van der Waals surface area contributed by atoms with Crippen LogP contribution in [0.5, 0.6) is 0 Å². The molecule has 2 amide bonds. The van der Waals surface area contributed by atoms with Crippen LogP contribution in [0.1, 0.15) is 55.4 Å². The summed E-state index contributed by atoms with van der Waals surface area (Å²) in [7, 11) is -1.83. The molecule has 1 aromatic rings. The predicted octanol–water partition coefficient (Wildman–Crippen LogP) is 2.85. The van der Waals surface area contributed by atoms with Gasteiger partial charge in [-0.2, -0.15) is 0 Å². The summed E-state index contributed by atoms with van der Waals surface area (Å²) >= 11 is 0. The number of hydrogen-bond donors (Lipinski definition) is 2. The Morgan fingerprint density at radius 1 is 1.15 bits per heavy atom. The van der Waals surface area contributed by atoms with Crippen LogP contribution in [0.4, 0.5) is 10.5 Å². The van der Waals surface area contributed by atoms with E-state index in [1.54, 1.807) is 6.92 Å². The van der Waals surface area contributed by atoms with Gasteiger partial charge >= 0.3 is 6.03 Å². The second kappa shape index (κ2) is 8.19. The van der Waals surface area contributed by atoms with Crippen molar-refractivity contribution in [3.05, 3.63) is 28.3 Å². The maximum absolute atomic E-state index is 12.5. The third-order valence-electron chi connectivity index (χ3n) is 5.65. The molecule has 1 atom stereocenters. The molecule has 1 aromatic carbocycles. The average molecular weight is 394 g/mol. The Kier molecular flexibility index (Phi) is 6.11. The highest BCUT2D eigenvalue weighted by atomic mass is 32.2. The van der Waals surface area contributed by atoms with E-state index in [4.69, 9.17) is 0 Å². The minimum atomic E-state index is -3.72. The normalized spacial score (nSPS) is 16.9. The number of carbonyl (C=O) groups excluding carboxylic acids is 1. The Balaban J connectivity index is 1.71. The quantitative estimate of drug-likeness (QED) is 0.747. The summed E-state index contributed by atoms with van der Waals surface area (Å²) in [6.07, 6.45) is 7.12. The smallest absolute Gasteiger partial charge is 0.307 e. The zero-order chi connectivity index (χ0) is 19.6. The van der Waals surface area contributed by atoms with Gasteiger partial charge in [0.05, 0.1) is 5.25 Å². The molecule has 0 aromatic heterocycles. The van der Waals surface area contributed by atoms with Gasteiger partial charge in [0.25, 0.3) is 0 Å². The fraction of sp³-hybridized carbons (Fsp3) is 0.650. The summed E-state index contributed by atoms with van der Waals surface area (Å²) < 4.78 is 27.3. The Morgan fingerprint density at radius 3 is 2.30 bits per heavy atom. The van der Waals surface area contributed by atoms with Crippen molar-refractivity contribution in [1.29, 1.82) is 0 Å². The van der Waals surface area contributed by atoms with Crippen molar-refractivity contribution in [3.63, 3.8) is 0 Å². The van der Waals surface area contributed by atoms with Crippen molar-refractivity contribution >= 4 is 21.7 Å². The first kappa shape index (κ1) is 20.1. The summed E-state index contributed by atoms with van der Waals surface area (Å²) in [5.74, 6) is 0. The minimum Gasteiger partial charge on any atom is -0.307 e. The number of anilines is 1. The SMILES string of the molecule is CCCN(C)CC(C)S(=O)(=O)NC(=O)Nc1c2c(cc3c1CCC3)CCC2. The first-order chi connectivity index (χ1) is 12.8. The number of urea groups is 1. The standard InChI is InChI=1S/C20H31N3O3S/c1-4-11-23(3)13-14(2)27(25,26)22-20(24)21-19-17-9-5-7-15(17)12-16-8-6-10-18(16)19/h12,14H,4-11,13H2,1-3H3,(H2,21,22,24). The first-order valence-corrected chi connectivity index (χ1v) is 11.5. The van der Waals surface area contributed by atoms with Gasteiger partial charge in [-0.05, 0) is 87.7 Å². The lowest BCUT2D eigenvalue weighted by atomic mass is 9.99. The molecule has 0 aliphatic heterocycles. The maximum atomic E-state index is 12.5. The first-order valence-electron chi connectivity index (χ1n) is 9.99. The highest BCUT2D eigenvalue weighted by Gasteiger charge is 2.28. The van der Waals surface area contributed by atoms with Gasteiger partial charge in [-0.3, -0.25) is 0 Å². The van der Waals surface area contributed by atoms with Crippen molar-refractivity contribution in [2.24, 2.45) is 0 Å². The van der Waals surface area contributed by atoms with Gasteiger partial charge in [0.2, 0.25) is 10.0 Å².